The summed E-state index contributed by atoms with van der Waals surface area (Å²) in [5.41, 5.74) is 4.27. The Morgan fingerprint density at radius 1 is 1.09 bits per heavy atom. The first-order valence-corrected chi connectivity index (χ1v) is 8.02. The second-order valence-electron chi connectivity index (χ2n) is 6.39. The van der Waals surface area contributed by atoms with Gasteiger partial charge in [0.25, 0.3) is 0 Å². The van der Waals surface area contributed by atoms with Crippen molar-refractivity contribution in [2.24, 2.45) is 5.92 Å². The average molecular weight is 311 g/mol. The molecule has 0 aliphatic rings. The molecule has 0 unspecified atom stereocenters. The Hall–Kier alpha value is -2.36. The summed E-state index contributed by atoms with van der Waals surface area (Å²) >= 11 is 0. The van der Waals surface area contributed by atoms with E-state index < -0.39 is 0 Å². The maximum Gasteiger partial charge on any atom is 0.226 e. The van der Waals surface area contributed by atoms with Crippen molar-refractivity contribution < 1.29 is 4.79 Å². The Bertz CT molecular complexity index is 676. The van der Waals surface area contributed by atoms with Crippen molar-refractivity contribution >= 4 is 23.1 Å². The van der Waals surface area contributed by atoms with Crippen LogP contribution in [0.3, 0.4) is 0 Å². The van der Waals surface area contributed by atoms with Gasteiger partial charge < -0.3 is 10.6 Å². The van der Waals surface area contributed by atoms with Gasteiger partial charge in [-0.25, -0.2) is 4.98 Å². The van der Waals surface area contributed by atoms with Crippen molar-refractivity contribution in [3.8, 4) is 0 Å². The van der Waals surface area contributed by atoms with Crippen LogP contribution in [0.25, 0.3) is 0 Å². The van der Waals surface area contributed by atoms with Crippen molar-refractivity contribution in [1.29, 1.82) is 0 Å². The third kappa shape index (κ3) is 4.31. The molecule has 0 spiro atoms. The average Bonchev–Trinajstić information content (AvgIpc) is 2.50. The number of hydrogen-bond donors (Lipinski definition) is 2. The summed E-state index contributed by atoms with van der Waals surface area (Å²) < 4.78 is 0. The van der Waals surface area contributed by atoms with E-state index in [0.29, 0.717) is 11.6 Å². The Balaban J connectivity index is 2.17. The molecule has 1 amide bonds. The lowest BCUT2D eigenvalue weighted by atomic mass is 9.98. The summed E-state index contributed by atoms with van der Waals surface area (Å²) in [7, 11) is 0. The molecule has 0 saturated carbocycles. The van der Waals surface area contributed by atoms with Crippen molar-refractivity contribution in [1.82, 2.24) is 4.98 Å². The van der Waals surface area contributed by atoms with E-state index in [0.717, 1.165) is 11.5 Å². The van der Waals surface area contributed by atoms with E-state index in [4.69, 9.17) is 0 Å². The third-order valence-corrected chi connectivity index (χ3v) is 3.74. The van der Waals surface area contributed by atoms with Crippen molar-refractivity contribution in [2.45, 2.75) is 40.5 Å². The number of carbonyl (C=O) groups excluding carboxylic acids is 1. The topological polar surface area (TPSA) is 54.0 Å². The Kier molecular flexibility index (Phi) is 5.37. The van der Waals surface area contributed by atoms with E-state index in [9.17, 15) is 4.79 Å². The maximum absolute atomic E-state index is 11.7. The zero-order valence-corrected chi connectivity index (χ0v) is 14.5. The minimum Gasteiger partial charge on any atom is -0.340 e. The van der Waals surface area contributed by atoms with Crippen LogP contribution in [0.15, 0.2) is 36.5 Å². The van der Waals surface area contributed by atoms with E-state index >= 15 is 0 Å². The van der Waals surface area contributed by atoms with Gasteiger partial charge in [0.1, 0.15) is 5.82 Å². The number of hydrogen-bond acceptors (Lipinski definition) is 3. The van der Waals surface area contributed by atoms with E-state index in [2.05, 4.69) is 54.6 Å². The number of anilines is 3. The second-order valence-corrected chi connectivity index (χ2v) is 6.39. The normalized spacial score (nSPS) is 10.9. The lowest BCUT2D eigenvalue weighted by Crippen LogP contribution is -2.17. The van der Waals surface area contributed by atoms with Gasteiger partial charge in [0.2, 0.25) is 5.91 Å². The lowest BCUT2D eigenvalue weighted by Gasteiger charge is -2.17. The number of amides is 1. The zero-order chi connectivity index (χ0) is 17.0. The summed E-state index contributed by atoms with van der Waals surface area (Å²) in [4.78, 5) is 16.1. The van der Waals surface area contributed by atoms with Gasteiger partial charge in [0.05, 0.1) is 11.9 Å². The molecule has 0 aliphatic heterocycles. The van der Waals surface area contributed by atoms with Crippen LogP contribution in [0, 0.1) is 12.8 Å². The first-order chi connectivity index (χ1) is 10.9. The highest BCUT2D eigenvalue weighted by Crippen LogP contribution is 2.29. The van der Waals surface area contributed by atoms with Gasteiger partial charge in [-0.15, -0.1) is 0 Å². The first kappa shape index (κ1) is 17.0. The highest BCUT2D eigenvalue weighted by Gasteiger charge is 2.10. The largest absolute Gasteiger partial charge is 0.340 e. The van der Waals surface area contributed by atoms with Crippen molar-refractivity contribution in [3.63, 3.8) is 0 Å². The summed E-state index contributed by atoms with van der Waals surface area (Å²) in [6.07, 6.45) is 1.68. The molecule has 2 N–H and O–H groups in total. The fourth-order valence-corrected chi connectivity index (χ4v) is 2.30. The summed E-state index contributed by atoms with van der Waals surface area (Å²) in [5.74, 6) is 1.15. The molecule has 0 saturated heterocycles. The van der Waals surface area contributed by atoms with Crippen LogP contribution in [0.2, 0.25) is 0 Å². The number of nitrogens with zero attached hydrogens (tertiary/aromatic N) is 1. The van der Waals surface area contributed by atoms with Gasteiger partial charge >= 0.3 is 0 Å². The smallest absolute Gasteiger partial charge is 0.226 e. The number of aromatic nitrogens is 1. The molecule has 2 aromatic rings. The highest BCUT2D eigenvalue weighted by atomic mass is 16.1. The molecule has 2 rings (SSSR count). The number of nitrogens with one attached hydrogen (secondary N) is 2. The number of pyridine rings is 1. The molecule has 23 heavy (non-hydrogen) atoms. The molecular formula is C19H25N3O. The van der Waals surface area contributed by atoms with Crippen LogP contribution < -0.4 is 10.6 Å². The molecule has 1 aromatic carbocycles. The predicted molar refractivity (Wildman–Crippen MR) is 96.3 cm³/mol. The van der Waals surface area contributed by atoms with Gasteiger partial charge in [-0.2, -0.15) is 0 Å². The Labute approximate surface area is 138 Å². The molecule has 4 nitrogen and oxygen atoms in total. The van der Waals surface area contributed by atoms with Gasteiger partial charge in [0, 0.05) is 11.6 Å². The third-order valence-electron chi connectivity index (χ3n) is 3.74. The summed E-state index contributed by atoms with van der Waals surface area (Å²) in [5, 5.41) is 6.25. The summed E-state index contributed by atoms with van der Waals surface area (Å²) in [6, 6.07) is 10.0. The zero-order valence-electron chi connectivity index (χ0n) is 14.5. The van der Waals surface area contributed by atoms with E-state index in [1.807, 2.05) is 26.0 Å². The second kappa shape index (κ2) is 7.27. The minimum atomic E-state index is -0.0478. The van der Waals surface area contributed by atoms with Gasteiger partial charge in [0.15, 0.2) is 0 Å². The fourth-order valence-electron chi connectivity index (χ4n) is 2.30. The molecular weight excluding hydrogens is 286 g/mol. The van der Waals surface area contributed by atoms with Gasteiger partial charge in [-0.1, -0.05) is 45.9 Å². The molecule has 0 radical (unpaired) electrons. The van der Waals surface area contributed by atoms with Crippen LogP contribution >= 0.6 is 0 Å². The summed E-state index contributed by atoms with van der Waals surface area (Å²) in [6.45, 7) is 10.2. The maximum atomic E-state index is 11.7. The number of rotatable bonds is 5. The fraction of sp³-hybridized carbons (Fsp3) is 0.368. The first-order valence-electron chi connectivity index (χ1n) is 8.02. The molecule has 0 aliphatic carbocycles. The predicted octanol–water partition coefficient (Wildman–Crippen LogP) is 4.85. The van der Waals surface area contributed by atoms with Crippen LogP contribution in [0.5, 0.6) is 0 Å². The number of benzene rings is 1. The molecule has 4 heteroatoms. The van der Waals surface area contributed by atoms with Gasteiger partial charge in [-0.05, 0) is 36.1 Å². The molecule has 0 atom stereocenters. The number of carbonyl (C=O) groups is 1. The SMILES string of the molecule is Cc1cccc(C(C)C)c1Nc1ccc(NC(=O)C(C)C)cn1. The Morgan fingerprint density at radius 3 is 2.39 bits per heavy atom. The monoisotopic (exact) mass is 311 g/mol. The minimum absolute atomic E-state index is 0.00601. The number of para-hydroxylation sites is 1. The van der Waals surface area contributed by atoms with Crippen molar-refractivity contribution in [3.05, 3.63) is 47.7 Å². The van der Waals surface area contributed by atoms with E-state index in [1.165, 1.54) is 11.1 Å². The molecule has 0 bridgehead atoms. The molecule has 122 valence electrons. The Morgan fingerprint density at radius 2 is 1.83 bits per heavy atom. The highest BCUT2D eigenvalue weighted by molar-refractivity contribution is 5.92. The lowest BCUT2D eigenvalue weighted by molar-refractivity contribution is -0.118. The van der Waals surface area contributed by atoms with E-state index in [1.54, 1.807) is 6.20 Å². The van der Waals surface area contributed by atoms with Crippen molar-refractivity contribution in [2.75, 3.05) is 10.6 Å². The van der Waals surface area contributed by atoms with Crippen LogP contribution in [-0.4, -0.2) is 10.9 Å². The standard InChI is InChI=1S/C19H25N3O/c1-12(2)16-8-6-7-14(5)18(16)22-17-10-9-15(11-20-17)21-19(23)13(3)4/h6-13H,1-5H3,(H,20,22)(H,21,23). The number of aryl methyl sites for hydroxylation is 1. The molecule has 1 aromatic heterocycles. The quantitative estimate of drug-likeness (QED) is 0.829. The van der Waals surface area contributed by atoms with Crippen LogP contribution in [0.1, 0.15) is 44.7 Å². The molecule has 0 fully saturated rings. The van der Waals surface area contributed by atoms with Crippen LogP contribution in [0.4, 0.5) is 17.2 Å². The molecule has 1 heterocycles. The van der Waals surface area contributed by atoms with Crippen LogP contribution in [-0.2, 0) is 4.79 Å². The van der Waals surface area contributed by atoms with Gasteiger partial charge in [-0.3, -0.25) is 4.79 Å². The van der Waals surface area contributed by atoms with E-state index in [-0.39, 0.29) is 11.8 Å².